The van der Waals surface area contributed by atoms with Crippen molar-refractivity contribution in [3.8, 4) is 0 Å². The molecule has 0 spiro atoms. The van der Waals surface area contributed by atoms with E-state index in [1.165, 1.54) is 0 Å². The number of rotatable bonds is 4. The quantitative estimate of drug-likeness (QED) is 0.732. The van der Waals surface area contributed by atoms with Gasteiger partial charge in [0.2, 0.25) is 0 Å². The highest BCUT2D eigenvalue weighted by atomic mass is 16.2. The van der Waals surface area contributed by atoms with Crippen LogP contribution >= 0.6 is 0 Å². The van der Waals surface area contributed by atoms with E-state index in [-0.39, 0.29) is 12.2 Å². The van der Waals surface area contributed by atoms with Gasteiger partial charge in [0.05, 0.1) is 6.20 Å². The lowest BCUT2D eigenvalue weighted by Gasteiger charge is -2.04. The zero-order valence-corrected chi connectivity index (χ0v) is 8.33. The smallest absolute Gasteiger partial charge is 0.276 e. The summed E-state index contributed by atoms with van der Waals surface area (Å²) in [5.41, 5.74) is 0.550. The van der Waals surface area contributed by atoms with E-state index in [0.717, 1.165) is 12.8 Å². The molecule has 1 N–H and O–H groups in total. The fraction of sp³-hybridized carbons (Fsp3) is 0.400. The third-order valence-electron chi connectivity index (χ3n) is 2.35. The van der Waals surface area contributed by atoms with Gasteiger partial charge in [0, 0.05) is 25.5 Å². The second-order valence-electron chi connectivity index (χ2n) is 3.39. The van der Waals surface area contributed by atoms with Crippen molar-refractivity contribution in [3.63, 3.8) is 0 Å². The average Bonchev–Trinajstić information content (AvgIpc) is 2.70. The summed E-state index contributed by atoms with van der Waals surface area (Å²) in [6, 6.07) is 1.70. The molecule has 0 aliphatic rings. The summed E-state index contributed by atoms with van der Waals surface area (Å²) in [6.45, 7) is 0.810. The Bertz CT molecular complexity index is 501. The Kier molecular flexibility index (Phi) is 2.82. The SMILES string of the molecule is O=c1c2ccnn2ccn1CCCCO. The zero-order valence-electron chi connectivity index (χ0n) is 8.33. The van der Waals surface area contributed by atoms with Crippen LogP contribution in [0.2, 0.25) is 0 Å². The van der Waals surface area contributed by atoms with Crippen LogP contribution in [0.1, 0.15) is 12.8 Å². The van der Waals surface area contributed by atoms with E-state index >= 15 is 0 Å². The molecule has 0 fully saturated rings. The minimum Gasteiger partial charge on any atom is -0.396 e. The summed E-state index contributed by atoms with van der Waals surface area (Å²) in [6.07, 6.45) is 6.61. The molecule has 0 saturated heterocycles. The summed E-state index contributed by atoms with van der Waals surface area (Å²) in [7, 11) is 0. The number of hydrogen-bond acceptors (Lipinski definition) is 3. The van der Waals surface area contributed by atoms with Crippen LogP contribution in [0, 0.1) is 0 Å². The Morgan fingerprint density at radius 1 is 1.33 bits per heavy atom. The number of hydrogen-bond donors (Lipinski definition) is 1. The molecule has 0 atom stereocenters. The maximum atomic E-state index is 11.8. The first-order valence-corrected chi connectivity index (χ1v) is 4.96. The molecule has 5 nitrogen and oxygen atoms in total. The Morgan fingerprint density at radius 2 is 2.20 bits per heavy atom. The van der Waals surface area contributed by atoms with Crippen LogP contribution in [-0.2, 0) is 6.54 Å². The number of aryl methyl sites for hydroxylation is 1. The van der Waals surface area contributed by atoms with Gasteiger partial charge >= 0.3 is 0 Å². The molecule has 2 aromatic heterocycles. The lowest BCUT2D eigenvalue weighted by Crippen LogP contribution is -2.21. The second-order valence-corrected chi connectivity index (χ2v) is 3.39. The van der Waals surface area contributed by atoms with Crippen molar-refractivity contribution < 1.29 is 5.11 Å². The zero-order chi connectivity index (χ0) is 10.7. The number of fused-ring (bicyclic) bond motifs is 1. The number of aromatic nitrogens is 3. The molecule has 0 aliphatic heterocycles. The Morgan fingerprint density at radius 3 is 3.00 bits per heavy atom. The lowest BCUT2D eigenvalue weighted by molar-refractivity contribution is 0.281. The summed E-state index contributed by atoms with van der Waals surface area (Å²) in [4.78, 5) is 11.8. The fourth-order valence-corrected chi connectivity index (χ4v) is 1.53. The van der Waals surface area contributed by atoms with Gasteiger partial charge in [0.25, 0.3) is 5.56 Å². The van der Waals surface area contributed by atoms with E-state index in [2.05, 4.69) is 5.10 Å². The summed E-state index contributed by atoms with van der Waals surface area (Å²) in [5, 5.41) is 12.6. The van der Waals surface area contributed by atoms with Gasteiger partial charge in [-0.3, -0.25) is 4.79 Å². The van der Waals surface area contributed by atoms with Crippen LogP contribution in [0.4, 0.5) is 0 Å². The highest BCUT2D eigenvalue weighted by molar-refractivity contribution is 5.42. The van der Waals surface area contributed by atoms with Crippen molar-refractivity contribution in [1.82, 2.24) is 14.2 Å². The van der Waals surface area contributed by atoms with Crippen molar-refractivity contribution in [2.24, 2.45) is 0 Å². The van der Waals surface area contributed by atoms with Crippen LogP contribution in [-0.4, -0.2) is 25.9 Å². The molecule has 0 radical (unpaired) electrons. The minimum atomic E-state index is -0.0343. The standard InChI is InChI=1S/C10H13N3O2/c14-8-2-1-5-12-6-7-13-9(10(12)15)3-4-11-13/h3-4,6-7,14H,1-2,5,8H2. The van der Waals surface area contributed by atoms with E-state index in [0.29, 0.717) is 12.1 Å². The van der Waals surface area contributed by atoms with Crippen LogP contribution in [0.5, 0.6) is 0 Å². The van der Waals surface area contributed by atoms with E-state index in [1.807, 2.05) is 0 Å². The van der Waals surface area contributed by atoms with E-state index < -0.39 is 0 Å². The summed E-state index contributed by atoms with van der Waals surface area (Å²) in [5.74, 6) is 0. The monoisotopic (exact) mass is 207 g/mol. The van der Waals surface area contributed by atoms with Gasteiger partial charge in [-0.1, -0.05) is 0 Å². The summed E-state index contributed by atoms with van der Waals surface area (Å²) >= 11 is 0. The topological polar surface area (TPSA) is 59.5 Å². The molecule has 2 aromatic rings. The van der Waals surface area contributed by atoms with Gasteiger partial charge in [0.1, 0.15) is 5.52 Å². The van der Waals surface area contributed by atoms with Crippen molar-refractivity contribution >= 4 is 5.52 Å². The first-order chi connectivity index (χ1) is 7.33. The molecule has 2 rings (SSSR count). The molecule has 0 amide bonds. The van der Waals surface area contributed by atoms with Crippen LogP contribution in [0.3, 0.4) is 0 Å². The Balaban J connectivity index is 2.28. The van der Waals surface area contributed by atoms with Crippen molar-refractivity contribution in [2.75, 3.05) is 6.61 Å². The largest absolute Gasteiger partial charge is 0.396 e. The molecule has 5 heteroatoms. The van der Waals surface area contributed by atoms with Crippen LogP contribution < -0.4 is 5.56 Å². The normalized spacial score (nSPS) is 11.0. The highest BCUT2D eigenvalue weighted by Crippen LogP contribution is 1.96. The molecule has 0 saturated carbocycles. The van der Waals surface area contributed by atoms with Gasteiger partial charge in [-0.25, -0.2) is 4.52 Å². The average molecular weight is 207 g/mol. The maximum Gasteiger partial charge on any atom is 0.276 e. The van der Waals surface area contributed by atoms with E-state index in [4.69, 9.17) is 5.11 Å². The third kappa shape index (κ3) is 1.92. The van der Waals surface area contributed by atoms with Crippen molar-refractivity contribution in [2.45, 2.75) is 19.4 Å². The molecule has 2 heterocycles. The molecule has 15 heavy (non-hydrogen) atoms. The van der Waals surface area contributed by atoms with Gasteiger partial charge < -0.3 is 9.67 Å². The van der Waals surface area contributed by atoms with Crippen molar-refractivity contribution in [3.05, 3.63) is 35.0 Å². The maximum absolute atomic E-state index is 11.8. The molecule has 0 bridgehead atoms. The first-order valence-electron chi connectivity index (χ1n) is 4.96. The Hall–Kier alpha value is -1.62. The van der Waals surface area contributed by atoms with Crippen LogP contribution in [0.25, 0.3) is 5.52 Å². The van der Waals surface area contributed by atoms with E-state index in [1.54, 1.807) is 33.7 Å². The van der Waals surface area contributed by atoms with Gasteiger partial charge in [-0.15, -0.1) is 0 Å². The Labute approximate surface area is 86.6 Å². The molecule has 0 unspecified atom stereocenters. The molecule has 0 aromatic carbocycles. The molecule has 80 valence electrons. The molecular weight excluding hydrogens is 194 g/mol. The second kappa shape index (κ2) is 4.27. The fourth-order valence-electron chi connectivity index (χ4n) is 1.53. The first kappa shape index (κ1) is 9.92. The molecular formula is C10H13N3O2. The van der Waals surface area contributed by atoms with Crippen LogP contribution in [0.15, 0.2) is 29.5 Å². The third-order valence-corrected chi connectivity index (χ3v) is 2.35. The predicted octanol–water partition coefficient (Wildman–Crippen LogP) is 0.268. The van der Waals surface area contributed by atoms with Gasteiger partial charge in [-0.2, -0.15) is 5.10 Å². The molecule has 0 aliphatic carbocycles. The predicted molar refractivity (Wildman–Crippen MR) is 55.8 cm³/mol. The number of aliphatic hydroxyl groups is 1. The van der Waals surface area contributed by atoms with E-state index in [9.17, 15) is 4.79 Å². The minimum absolute atomic E-state index is 0.0343. The van der Waals surface area contributed by atoms with Gasteiger partial charge in [0.15, 0.2) is 0 Å². The summed E-state index contributed by atoms with van der Waals surface area (Å²) < 4.78 is 3.21. The number of unbranched alkanes of at least 4 members (excludes halogenated alkanes) is 1. The van der Waals surface area contributed by atoms with Crippen molar-refractivity contribution in [1.29, 1.82) is 0 Å². The van der Waals surface area contributed by atoms with Gasteiger partial charge in [-0.05, 0) is 18.9 Å². The lowest BCUT2D eigenvalue weighted by atomic mass is 10.3. The number of aliphatic hydroxyl groups excluding tert-OH is 1. The highest BCUT2D eigenvalue weighted by Gasteiger charge is 2.02. The number of nitrogens with zero attached hydrogens (tertiary/aromatic N) is 3.